The zero-order valence-corrected chi connectivity index (χ0v) is 18.3. The highest BCUT2D eigenvalue weighted by molar-refractivity contribution is 6.06. The lowest BCUT2D eigenvalue weighted by molar-refractivity contribution is -0.131. The van der Waals surface area contributed by atoms with E-state index in [0.29, 0.717) is 29.5 Å². The normalized spacial score (nSPS) is 18.2. The van der Waals surface area contributed by atoms with Crippen LogP contribution in [0.15, 0.2) is 53.5 Å². The first-order valence-corrected chi connectivity index (χ1v) is 10.2. The van der Waals surface area contributed by atoms with Gasteiger partial charge in [-0.15, -0.1) is 0 Å². The molecular formula is C23H29N5O3. The zero-order chi connectivity index (χ0) is 22.6. The number of rotatable bonds is 7. The summed E-state index contributed by atoms with van der Waals surface area (Å²) in [5.41, 5.74) is 7.28. The number of aliphatic imine (C=N–C) groups is 1. The number of guanidine groups is 1. The van der Waals surface area contributed by atoms with E-state index in [0.717, 1.165) is 5.56 Å². The maximum Gasteiger partial charge on any atom is 0.323 e. The van der Waals surface area contributed by atoms with Crippen molar-refractivity contribution in [3.63, 3.8) is 0 Å². The Labute approximate surface area is 182 Å². The fraction of sp³-hybridized carbons (Fsp3) is 0.348. The lowest BCUT2D eigenvalue weighted by Gasteiger charge is -2.23. The van der Waals surface area contributed by atoms with Gasteiger partial charge in [-0.3, -0.25) is 9.69 Å². The van der Waals surface area contributed by atoms with E-state index in [9.17, 15) is 9.59 Å². The molecular weight excluding hydrogens is 394 g/mol. The molecule has 0 fully saturated rings. The van der Waals surface area contributed by atoms with Gasteiger partial charge >= 0.3 is 6.03 Å². The standard InChI is InChI=1S/C23H29N5O3/c1-15(2)13-23(3)20(29)28(21(24)27-23)14-16-7-5-8-17(11-16)25-22(30)26-18-9-6-10-19(12-18)31-4/h5-12,15H,13-14H2,1-4H3,(H2,24,27)(H2,25,26,30). The van der Waals surface area contributed by atoms with Gasteiger partial charge in [0.2, 0.25) is 0 Å². The number of carbonyl (C=O) groups excluding carboxylic acids is 2. The third-order valence-electron chi connectivity index (χ3n) is 5.00. The van der Waals surface area contributed by atoms with Crippen molar-refractivity contribution in [1.29, 1.82) is 0 Å². The van der Waals surface area contributed by atoms with Gasteiger partial charge in [0.1, 0.15) is 11.3 Å². The molecule has 4 N–H and O–H groups in total. The maximum atomic E-state index is 12.9. The number of urea groups is 1. The van der Waals surface area contributed by atoms with E-state index in [1.807, 2.05) is 25.1 Å². The molecule has 0 aromatic heterocycles. The van der Waals surface area contributed by atoms with E-state index in [2.05, 4.69) is 29.5 Å². The van der Waals surface area contributed by atoms with Crippen LogP contribution in [-0.2, 0) is 11.3 Å². The van der Waals surface area contributed by atoms with Crippen LogP contribution in [0.2, 0.25) is 0 Å². The zero-order valence-electron chi connectivity index (χ0n) is 18.3. The van der Waals surface area contributed by atoms with Gasteiger partial charge in [-0.05, 0) is 49.1 Å². The lowest BCUT2D eigenvalue weighted by Crippen LogP contribution is -2.43. The number of anilines is 2. The van der Waals surface area contributed by atoms with Gasteiger partial charge in [0.05, 0.1) is 13.7 Å². The summed E-state index contributed by atoms with van der Waals surface area (Å²) in [7, 11) is 1.57. The predicted molar refractivity (Wildman–Crippen MR) is 122 cm³/mol. The third kappa shape index (κ3) is 5.33. The molecule has 8 heteroatoms. The molecule has 3 rings (SSSR count). The highest BCUT2D eigenvalue weighted by atomic mass is 16.5. The van der Waals surface area contributed by atoms with Gasteiger partial charge in [0, 0.05) is 17.4 Å². The Bertz CT molecular complexity index is 1000. The van der Waals surface area contributed by atoms with Crippen molar-refractivity contribution in [2.45, 2.75) is 39.3 Å². The number of ether oxygens (including phenoxy) is 1. The van der Waals surface area contributed by atoms with Crippen LogP contribution in [0.3, 0.4) is 0 Å². The van der Waals surface area contributed by atoms with E-state index in [1.54, 1.807) is 37.4 Å². The number of hydrogen-bond donors (Lipinski definition) is 3. The van der Waals surface area contributed by atoms with E-state index in [4.69, 9.17) is 10.5 Å². The minimum absolute atomic E-state index is 0.104. The summed E-state index contributed by atoms with van der Waals surface area (Å²) < 4.78 is 5.16. The van der Waals surface area contributed by atoms with E-state index >= 15 is 0 Å². The Morgan fingerprint density at radius 3 is 2.45 bits per heavy atom. The van der Waals surface area contributed by atoms with Crippen LogP contribution >= 0.6 is 0 Å². The number of nitrogens with one attached hydrogen (secondary N) is 2. The number of carbonyl (C=O) groups is 2. The average Bonchev–Trinajstić information content (AvgIpc) is 2.90. The summed E-state index contributed by atoms with van der Waals surface area (Å²) in [5, 5.41) is 5.57. The smallest absolute Gasteiger partial charge is 0.323 e. The fourth-order valence-electron chi connectivity index (χ4n) is 3.76. The van der Waals surface area contributed by atoms with Crippen molar-refractivity contribution in [2.75, 3.05) is 17.7 Å². The first kappa shape index (κ1) is 22.1. The highest BCUT2D eigenvalue weighted by Gasteiger charge is 2.44. The van der Waals surface area contributed by atoms with Gasteiger partial charge < -0.3 is 21.1 Å². The summed E-state index contributed by atoms with van der Waals surface area (Å²) in [6, 6.07) is 14.0. The van der Waals surface area contributed by atoms with Crippen LogP contribution in [0, 0.1) is 5.92 Å². The van der Waals surface area contributed by atoms with Crippen LogP contribution in [0.25, 0.3) is 0 Å². The monoisotopic (exact) mass is 423 g/mol. The highest BCUT2D eigenvalue weighted by Crippen LogP contribution is 2.29. The molecule has 164 valence electrons. The van der Waals surface area contributed by atoms with Gasteiger partial charge in [0.15, 0.2) is 5.96 Å². The van der Waals surface area contributed by atoms with E-state index in [1.165, 1.54) is 4.90 Å². The number of methoxy groups -OCH3 is 1. The number of amides is 3. The van der Waals surface area contributed by atoms with Crippen LogP contribution in [0.5, 0.6) is 5.75 Å². The molecule has 0 radical (unpaired) electrons. The molecule has 31 heavy (non-hydrogen) atoms. The summed E-state index contributed by atoms with van der Waals surface area (Å²) in [6.45, 7) is 6.22. The molecule has 3 amide bonds. The summed E-state index contributed by atoms with van der Waals surface area (Å²) in [6.07, 6.45) is 0.634. The maximum absolute atomic E-state index is 12.9. The van der Waals surface area contributed by atoms with Crippen molar-refractivity contribution in [2.24, 2.45) is 16.6 Å². The first-order chi connectivity index (χ1) is 14.7. The predicted octanol–water partition coefficient (Wildman–Crippen LogP) is 3.80. The minimum Gasteiger partial charge on any atom is -0.497 e. The van der Waals surface area contributed by atoms with Gasteiger partial charge in [-0.1, -0.05) is 32.0 Å². The molecule has 2 aromatic rings. The summed E-state index contributed by atoms with van der Waals surface area (Å²) >= 11 is 0. The molecule has 2 aromatic carbocycles. The SMILES string of the molecule is COc1cccc(NC(=O)Nc2cccc(CN3C(=O)C(C)(CC(C)C)N=C3N)c2)c1. The molecule has 1 aliphatic heterocycles. The minimum atomic E-state index is -0.829. The van der Waals surface area contributed by atoms with Crippen molar-refractivity contribution in [1.82, 2.24) is 4.90 Å². The second-order valence-corrected chi connectivity index (χ2v) is 8.24. The number of nitrogens with zero attached hydrogens (tertiary/aromatic N) is 2. The summed E-state index contributed by atoms with van der Waals surface area (Å²) in [4.78, 5) is 31.2. The number of hydrogen-bond acceptors (Lipinski definition) is 5. The second-order valence-electron chi connectivity index (χ2n) is 8.24. The van der Waals surface area contributed by atoms with Gasteiger partial charge in [-0.2, -0.15) is 0 Å². The molecule has 0 saturated carbocycles. The Kier molecular flexibility index (Phi) is 6.48. The quantitative estimate of drug-likeness (QED) is 0.629. The topological polar surface area (TPSA) is 109 Å². The number of nitrogens with two attached hydrogens (primary N) is 1. The van der Waals surface area contributed by atoms with Crippen molar-refractivity contribution < 1.29 is 14.3 Å². The van der Waals surface area contributed by atoms with Crippen LogP contribution in [0.4, 0.5) is 16.2 Å². The lowest BCUT2D eigenvalue weighted by atomic mass is 9.91. The molecule has 0 spiro atoms. The fourth-order valence-corrected chi connectivity index (χ4v) is 3.76. The molecule has 1 heterocycles. The average molecular weight is 424 g/mol. The van der Waals surface area contributed by atoms with Crippen molar-refractivity contribution >= 4 is 29.3 Å². The van der Waals surface area contributed by atoms with Crippen LogP contribution in [0.1, 0.15) is 32.8 Å². The Balaban J connectivity index is 1.66. The van der Waals surface area contributed by atoms with E-state index in [-0.39, 0.29) is 24.4 Å². The molecule has 1 atom stereocenters. The van der Waals surface area contributed by atoms with Gasteiger partial charge in [-0.25, -0.2) is 9.79 Å². The summed E-state index contributed by atoms with van der Waals surface area (Å²) in [5.74, 6) is 1.09. The molecule has 8 nitrogen and oxygen atoms in total. The molecule has 0 bridgehead atoms. The number of benzene rings is 2. The van der Waals surface area contributed by atoms with Gasteiger partial charge in [0.25, 0.3) is 5.91 Å². The Morgan fingerprint density at radius 1 is 1.16 bits per heavy atom. The van der Waals surface area contributed by atoms with Crippen molar-refractivity contribution in [3.8, 4) is 5.75 Å². The molecule has 1 aliphatic rings. The van der Waals surface area contributed by atoms with Crippen LogP contribution < -0.4 is 21.1 Å². The van der Waals surface area contributed by atoms with E-state index < -0.39 is 5.54 Å². The molecule has 1 unspecified atom stereocenters. The largest absolute Gasteiger partial charge is 0.497 e. The Hall–Kier alpha value is -3.55. The Morgan fingerprint density at radius 2 is 1.81 bits per heavy atom. The molecule has 0 saturated heterocycles. The molecule has 0 aliphatic carbocycles. The third-order valence-corrected chi connectivity index (χ3v) is 5.00. The van der Waals surface area contributed by atoms with Crippen LogP contribution in [-0.4, -0.2) is 35.4 Å². The van der Waals surface area contributed by atoms with Crippen molar-refractivity contribution in [3.05, 3.63) is 54.1 Å². The second kappa shape index (κ2) is 9.07. The first-order valence-electron chi connectivity index (χ1n) is 10.2.